The van der Waals surface area contributed by atoms with E-state index < -0.39 is 0 Å². The number of fused-ring (bicyclic) bond motifs is 6. The Bertz CT molecular complexity index is 4030. The second-order valence-corrected chi connectivity index (χ2v) is 21.2. The van der Waals surface area contributed by atoms with Crippen LogP contribution in [0.2, 0.25) is 0 Å². The zero-order chi connectivity index (χ0) is 54.3. The molecule has 13 aromatic rings. The molecule has 0 saturated heterocycles. The second-order valence-electron chi connectivity index (χ2n) is 21.2. The Hall–Kier alpha value is -10.7. The van der Waals surface area contributed by atoms with Crippen molar-refractivity contribution in [3.8, 4) is 67.3 Å². The number of anilines is 6. The van der Waals surface area contributed by atoms with Crippen molar-refractivity contribution >= 4 is 34.1 Å². The Morgan fingerprint density at radius 2 is 0.415 bits per heavy atom. The van der Waals surface area contributed by atoms with Gasteiger partial charge in [0, 0.05) is 68.2 Å². The van der Waals surface area contributed by atoms with Gasteiger partial charge in [0.15, 0.2) is 0 Å². The summed E-state index contributed by atoms with van der Waals surface area (Å²) >= 11 is 0. The van der Waals surface area contributed by atoms with E-state index in [1.54, 1.807) is 0 Å². The molecule has 4 nitrogen and oxygen atoms in total. The molecule has 15 rings (SSSR count). The summed E-state index contributed by atoms with van der Waals surface area (Å²) in [5.41, 5.74) is 26.8. The molecule has 4 heteroatoms. The second kappa shape index (κ2) is 20.8. The van der Waals surface area contributed by atoms with Gasteiger partial charge in [0.2, 0.25) is 0 Å². The third-order valence-electron chi connectivity index (χ3n) is 16.5. The molecule has 1 heterocycles. The van der Waals surface area contributed by atoms with Crippen molar-refractivity contribution in [2.45, 2.75) is 11.8 Å². The first-order chi connectivity index (χ1) is 40.7. The maximum atomic E-state index is 5.67. The highest BCUT2D eigenvalue weighted by Gasteiger charge is 2.31. The summed E-state index contributed by atoms with van der Waals surface area (Å²) in [5, 5.41) is 0. The van der Waals surface area contributed by atoms with Crippen LogP contribution in [0.25, 0.3) is 67.3 Å². The van der Waals surface area contributed by atoms with Crippen LogP contribution >= 0.6 is 0 Å². The molecular weight excluding hydrogens is 993 g/mol. The largest absolute Gasteiger partial charge is 0.311 e. The van der Waals surface area contributed by atoms with Gasteiger partial charge in [0.1, 0.15) is 0 Å². The Labute approximate surface area is 479 Å². The predicted octanol–water partition coefficient (Wildman–Crippen LogP) is 20.4. The van der Waals surface area contributed by atoms with Gasteiger partial charge in [-0.2, -0.15) is 0 Å². The first kappa shape index (κ1) is 48.4. The lowest BCUT2D eigenvalue weighted by molar-refractivity contribution is 1.01. The molecule has 0 unspecified atom stereocenters. The fourth-order valence-corrected chi connectivity index (χ4v) is 12.7. The summed E-state index contributed by atoms with van der Waals surface area (Å²) in [7, 11) is 0. The van der Waals surface area contributed by atoms with Crippen molar-refractivity contribution in [3.05, 3.63) is 349 Å². The summed E-state index contributed by atoms with van der Waals surface area (Å²) in [6, 6.07) is 114. The molecule has 1 aromatic heterocycles. The summed E-state index contributed by atoms with van der Waals surface area (Å²) in [4.78, 5) is 16.0. The van der Waals surface area contributed by atoms with E-state index >= 15 is 0 Å². The van der Waals surface area contributed by atoms with Crippen molar-refractivity contribution in [1.29, 1.82) is 0 Å². The van der Waals surface area contributed by atoms with E-state index in [9.17, 15) is 0 Å². The number of benzene rings is 12. The zero-order valence-electron chi connectivity index (χ0n) is 45.0. The number of rotatable bonds is 12. The minimum absolute atomic E-state index is 0.173. The van der Waals surface area contributed by atoms with E-state index in [0.29, 0.717) is 0 Å². The topological polar surface area (TPSA) is 32.3 Å². The van der Waals surface area contributed by atoms with Gasteiger partial charge in [-0.1, -0.05) is 243 Å². The highest BCUT2D eigenvalue weighted by Crippen LogP contribution is 2.50. The Kier molecular flexibility index (Phi) is 12.3. The maximum Gasteiger partial charge on any atom is 0.0973 e. The summed E-state index contributed by atoms with van der Waals surface area (Å²) < 4.78 is 0. The molecule has 0 amide bonds. The Morgan fingerprint density at radius 1 is 0.195 bits per heavy atom. The van der Waals surface area contributed by atoms with E-state index in [-0.39, 0.29) is 11.8 Å². The predicted molar refractivity (Wildman–Crippen MR) is 339 cm³/mol. The molecule has 0 fully saturated rings. The fraction of sp³-hybridized carbons (Fsp3) is 0.0256. The van der Waals surface area contributed by atoms with Crippen LogP contribution in [-0.4, -0.2) is 9.97 Å². The Balaban J connectivity index is 0.814. The van der Waals surface area contributed by atoms with Gasteiger partial charge >= 0.3 is 0 Å². The van der Waals surface area contributed by atoms with E-state index in [0.717, 1.165) is 79.2 Å². The first-order valence-corrected chi connectivity index (χ1v) is 28.2. The van der Waals surface area contributed by atoms with Crippen molar-refractivity contribution in [3.63, 3.8) is 0 Å². The van der Waals surface area contributed by atoms with Gasteiger partial charge in [-0.25, -0.2) is 9.97 Å². The van der Waals surface area contributed by atoms with E-state index in [1.807, 2.05) is 0 Å². The number of hydrogen-bond donors (Lipinski definition) is 0. The van der Waals surface area contributed by atoms with Gasteiger partial charge in [-0.15, -0.1) is 0 Å². The van der Waals surface area contributed by atoms with Crippen molar-refractivity contribution in [1.82, 2.24) is 9.97 Å². The third kappa shape index (κ3) is 8.66. The zero-order valence-corrected chi connectivity index (χ0v) is 45.0. The van der Waals surface area contributed by atoms with Crippen LogP contribution in [0.4, 0.5) is 34.1 Å². The van der Waals surface area contributed by atoms with E-state index in [4.69, 9.17) is 9.97 Å². The average molecular weight is 1050 g/mol. The maximum absolute atomic E-state index is 5.67. The van der Waals surface area contributed by atoms with Crippen LogP contribution in [0.3, 0.4) is 0 Å². The van der Waals surface area contributed by atoms with Crippen molar-refractivity contribution in [2.24, 2.45) is 0 Å². The molecule has 2 aliphatic rings. The monoisotopic (exact) mass is 1050 g/mol. The highest BCUT2D eigenvalue weighted by atomic mass is 15.1. The highest BCUT2D eigenvalue weighted by molar-refractivity contribution is 5.89. The molecule has 2 aliphatic carbocycles. The van der Waals surface area contributed by atoms with Crippen LogP contribution < -0.4 is 9.80 Å². The van der Waals surface area contributed by atoms with Crippen LogP contribution in [0.15, 0.2) is 315 Å². The molecule has 0 spiro atoms. The summed E-state index contributed by atoms with van der Waals surface area (Å²) in [5.74, 6) is 0.346. The molecule has 0 saturated carbocycles. The van der Waals surface area contributed by atoms with E-state index in [2.05, 4.69) is 325 Å². The lowest BCUT2D eigenvalue weighted by Crippen LogP contribution is -2.10. The van der Waals surface area contributed by atoms with Gasteiger partial charge in [-0.05, 0) is 128 Å². The number of aromatic nitrogens is 2. The molecular formula is C78H54N4. The first-order valence-electron chi connectivity index (χ1n) is 28.2. The average Bonchev–Trinajstić information content (AvgIpc) is 4.30. The molecule has 82 heavy (non-hydrogen) atoms. The smallest absolute Gasteiger partial charge is 0.0973 e. The van der Waals surface area contributed by atoms with Crippen LogP contribution in [-0.2, 0) is 0 Å². The Morgan fingerprint density at radius 3 is 0.707 bits per heavy atom. The lowest BCUT2D eigenvalue weighted by atomic mass is 9.89. The van der Waals surface area contributed by atoms with Crippen LogP contribution in [0.1, 0.15) is 45.2 Å². The molecule has 0 radical (unpaired) electrons. The normalized spacial score (nSPS) is 12.3. The van der Waals surface area contributed by atoms with Gasteiger partial charge in [0.05, 0.1) is 22.8 Å². The van der Waals surface area contributed by atoms with Crippen LogP contribution in [0, 0.1) is 0 Å². The molecule has 12 aromatic carbocycles. The minimum atomic E-state index is 0.173. The standard InChI is InChI=1S/C78H54N4/c1-5-21-55(22-6-1)75-76(56-23-7-2-8-24-56)80-78(58-43-51-64(52-44-58)82(60-27-11-4-12-28-60)62-47-39-54(40-48-62)74-71-35-19-15-31-67(71)68-32-16-20-36-72(68)74)77(79-75)57-41-49-63(50-42-57)81(59-25-9-3-10-26-59)61-45-37-53(38-46-61)73-69-33-17-13-29-65(69)66-30-14-18-34-70(66)73/h1-52,73-74H. The fourth-order valence-electron chi connectivity index (χ4n) is 12.7. The number of para-hydroxylation sites is 2. The van der Waals surface area contributed by atoms with Crippen molar-refractivity contribution < 1.29 is 0 Å². The SMILES string of the molecule is c1ccc(-c2nc(-c3ccc(N(c4ccccc4)c4ccc(C5c6ccccc6-c6ccccc65)cc4)cc3)c(-c3ccc(N(c4ccccc4)c4ccc(C5c6ccccc6-c6ccccc65)cc4)cc3)nc2-c2ccccc2)cc1. The molecule has 0 atom stereocenters. The number of hydrogen-bond acceptors (Lipinski definition) is 4. The molecule has 0 N–H and O–H groups in total. The molecule has 0 bridgehead atoms. The quantitative estimate of drug-likeness (QED) is 0.122. The third-order valence-corrected chi connectivity index (χ3v) is 16.5. The minimum Gasteiger partial charge on any atom is -0.311 e. The van der Waals surface area contributed by atoms with Crippen molar-refractivity contribution in [2.75, 3.05) is 9.80 Å². The van der Waals surface area contributed by atoms with Gasteiger partial charge in [-0.3, -0.25) is 0 Å². The molecule has 0 aliphatic heterocycles. The van der Waals surface area contributed by atoms with Gasteiger partial charge in [0.25, 0.3) is 0 Å². The number of nitrogens with zero attached hydrogens (tertiary/aromatic N) is 4. The van der Waals surface area contributed by atoms with Crippen LogP contribution in [0.5, 0.6) is 0 Å². The molecule has 386 valence electrons. The van der Waals surface area contributed by atoms with E-state index in [1.165, 1.54) is 55.6 Å². The summed E-state index contributed by atoms with van der Waals surface area (Å²) in [6.45, 7) is 0. The lowest BCUT2D eigenvalue weighted by Gasteiger charge is -2.27. The summed E-state index contributed by atoms with van der Waals surface area (Å²) in [6.07, 6.45) is 0. The van der Waals surface area contributed by atoms with Gasteiger partial charge < -0.3 is 9.80 Å².